The van der Waals surface area contributed by atoms with Gasteiger partial charge in [0.2, 0.25) is 11.8 Å². The van der Waals surface area contributed by atoms with Crippen LogP contribution in [-0.2, 0) is 16.1 Å². The highest BCUT2D eigenvalue weighted by Crippen LogP contribution is 2.36. The first kappa shape index (κ1) is 23.0. The molecular weight excluding hydrogens is 465 g/mol. The first-order chi connectivity index (χ1) is 17.5. The van der Waals surface area contributed by atoms with Crippen molar-refractivity contribution < 1.29 is 23.5 Å². The van der Waals surface area contributed by atoms with Gasteiger partial charge in [0.15, 0.2) is 5.82 Å². The number of likely N-dealkylation sites (tertiary alicyclic amines) is 1. The fourth-order valence-electron chi connectivity index (χ4n) is 5.91. The highest BCUT2D eigenvalue weighted by atomic mass is 19.1. The van der Waals surface area contributed by atoms with Gasteiger partial charge in [-0.3, -0.25) is 24.6 Å². The van der Waals surface area contributed by atoms with Gasteiger partial charge in [0.1, 0.15) is 23.7 Å². The Labute approximate surface area is 208 Å². The number of aromatic nitrogens is 2. The predicted molar refractivity (Wildman–Crippen MR) is 125 cm³/mol. The van der Waals surface area contributed by atoms with Crippen molar-refractivity contribution >= 4 is 17.7 Å². The van der Waals surface area contributed by atoms with E-state index in [-0.39, 0.29) is 36.3 Å². The number of nitrogens with one attached hydrogen (secondary N) is 1. The van der Waals surface area contributed by atoms with Gasteiger partial charge in [0.25, 0.3) is 5.91 Å². The highest BCUT2D eigenvalue weighted by molar-refractivity contribution is 6.05. The fourth-order valence-corrected chi connectivity index (χ4v) is 5.91. The summed E-state index contributed by atoms with van der Waals surface area (Å²) >= 11 is 0. The topological polar surface area (TPSA) is 105 Å². The molecule has 3 aliphatic heterocycles. The zero-order chi connectivity index (χ0) is 24.8. The van der Waals surface area contributed by atoms with Crippen LogP contribution in [0.4, 0.5) is 4.39 Å². The number of imide groups is 1. The van der Waals surface area contributed by atoms with Gasteiger partial charge < -0.3 is 9.64 Å². The van der Waals surface area contributed by atoms with Gasteiger partial charge in [-0.05, 0) is 49.4 Å². The number of hydrogen-bond acceptors (Lipinski definition) is 7. The molecule has 9 nitrogen and oxygen atoms in total. The van der Waals surface area contributed by atoms with Crippen LogP contribution >= 0.6 is 0 Å². The number of piperidine rings is 1. The summed E-state index contributed by atoms with van der Waals surface area (Å²) in [5.41, 5.74) is 1.42. The van der Waals surface area contributed by atoms with Crippen molar-refractivity contribution in [3.63, 3.8) is 0 Å². The Morgan fingerprint density at radius 3 is 2.58 bits per heavy atom. The normalized spacial score (nSPS) is 27.0. The monoisotopic (exact) mass is 493 g/mol. The Morgan fingerprint density at radius 1 is 1.03 bits per heavy atom. The van der Waals surface area contributed by atoms with E-state index in [4.69, 9.17) is 4.74 Å². The number of halogens is 1. The molecule has 2 saturated heterocycles. The zero-order valence-corrected chi connectivity index (χ0v) is 19.9. The number of rotatable bonds is 5. The van der Waals surface area contributed by atoms with Crippen LogP contribution in [0.2, 0.25) is 0 Å². The molecule has 4 aliphatic rings. The lowest BCUT2D eigenvalue weighted by Crippen LogP contribution is -2.57. The lowest BCUT2D eigenvalue weighted by atomic mass is 9.86. The van der Waals surface area contributed by atoms with Crippen LogP contribution in [0.25, 0.3) is 0 Å². The van der Waals surface area contributed by atoms with Gasteiger partial charge >= 0.3 is 0 Å². The number of benzene rings is 1. The number of carbonyl (C=O) groups excluding carboxylic acids is 3. The minimum absolute atomic E-state index is 0.0372. The number of carbonyl (C=O) groups is 3. The van der Waals surface area contributed by atoms with Crippen LogP contribution < -0.4 is 10.1 Å². The summed E-state index contributed by atoms with van der Waals surface area (Å²) in [6.45, 7) is 1.99. The van der Waals surface area contributed by atoms with Crippen molar-refractivity contribution in [2.24, 2.45) is 0 Å². The summed E-state index contributed by atoms with van der Waals surface area (Å²) in [6, 6.07) is 5.18. The van der Waals surface area contributed by atoms with E-state index in [0.717, 1.165) is 50.1 Å². The average molecular weight is 494 g/mol. The molecule has 0 bridgehead atoms. The van der Waals surface area contributed by atoms with Crippen molar-refractivity contribution in [2.45, 2.75) is 69.2 Å². The number of amides is 3. The van der Waals surface area contributed by atoms with Crippen molar-refractivity contribution in [3.8, 4) is 5.75 Å². The van der Waals surface area contributed by atoms with Gasteiger partial charge in [-0.2, -0.15) is 0 Å². The lowest BCUT2D eigenvalue weighted by Gasteiger charge is -2.47. The Kier molecular flexibility index (Phi) is 5.91. The van der Waals surface area contributed by atoms with Crippen LogP contribution in [0.3, 0.4) is 0 Å². The second kappa shape index (κ2) is 9.24. The van der Waals surface area contributed by atoms with Crippen molar-refractivity contribution in [1.29, 1.82) is 0 Å². The van der Waals surface area contributed by atoms with Crippen LogP contribution in [0.5, 0.6) is 5.75 Å². The third-order valence-corrected chi connectivity index (χ3v) is 7.83. The molecule has 1 saturated carbocycles. The van der Waals surface area contributed by atoms with Gasteiger partial charge in [-0.25, -0.2) is 14.4 Å². The molecule has 1 unspecified atom stereocenters. The summed E-state index contributed by atoms with van der Waals surface area (Å²) in [4.78, 5) is 49.0. The summed E-state index contributed by atoms with van der Waals surface area (Å²) in [5, 5.41) is 2.34. The van der Waals surface area contributed by atoms with Crippen molar-refractivity contribution in [3.05, 3.63) is 53.4 Å². The molecule has 1 aliphatic carbocycles. The van der Waals surface area contributed by atoms with E-state index in [1.807, 2.05) is 12.1 Å². The van der Waals surface area contributed by atoms with E-state index in [1.54, 1.807) is 11.0 Å². The number of nitrogens with zero attached hydrogens (tertiary/aromatic N) is 4. The molecule has 4 heterocycles. The number of fused-ring (bicyclic) bond motifs is 1. The Balaban J connectivity index is 1.11. The first-order valence-electron chi connectivity index (χ1n) is 12.6. The van der Waals surface area contributed by atoms with Gasteiger partial charge in [-0.1, -0.05) is 6.42 Å². The van der Waals surface area contributed by atoms with Gasteiger partial charge in [0, 0.05) is 43.6 Å². The maximum absolute atomic E-state index is 13.1. The Morgan fingerprint density at radius 2 is 1.81 bits per heavy atom. The van der Waals surface area contributed by atoms with Crippen LogP contribution in [0, 0.1) is 5.82 Å². The van der Waals surface area contributed by atoms with Crippen LogP contribution in [0.1, 0.15) is 66.2 Å². The summed E-state index contributed by atoms with van der Waals surface area (Å²) < 4.78 is 19.6. The molecule has 188 valence electrons. The minimum atomic E-state index is -0.626. The molecule has 1 aromatic carbocycles. The summed E-state index contributed by atoms with van der Waals surface area (Å²) in [6.07, 6.45) is 7.32. The molecule has 3 atom stereocenters. The molecule has 3 fully saturated rings. The highest BCUT2D eigenvalue weighted by Gasteiger charge is 2.41. The van der Waals surface area contributed by atoms with E-state index in [9.17, 15) is 18.8 Å². The number of hydrogen-bond donors (Lipinski definition) is 1. The second-order valence-electron chi connectivity index (χ2n) is 10.1. The van der Waals surface area contributed by atoms with Gasteiger partial charge in [0.05, 0.1) is 12.4 Å². The third-order valence-electron chi connectivity index (χ3n) is 7.83. The van der Waals surface area contributed by atoms with Crippen LogP contribution in [0.15, 0.2) is 30.6 Å². The maximum Gasteiger partial charge on any atom is 0.255 e. The molecule has 1 N–H and O–H groups in total. The molecule has 1 aromatic heterocycles. The fraction of sp³-hybridized carbons (Fsp3) is 0.500. The molecular formula is C26H28FN5O4. The van der Waals surface area contributed by atoms with E-state index in [2.05, 4.69) is 20.2 Å². The smallest absolute Gasteiger partial charge is 0.255 e. The molecule has 3 amide bonds. The molecule has 36 heavy (non-hydrogen) atoms. The quantitative estimate of drug-likeness (QED) is 0.637. The standard InChI is InChI=1S/C26H28FN5O4/c27-17-10-28-24(29-11-17)16-12-31(13-16)20-3-1-2-4-22(20)36-18-5-6-19-15(9-18)14-32(26(19)35)21-7-8-23(33)30-25(21)34/h5-6,9-11,16,20-22H,1-4,7-8,12-14H2,(H,30,33,34)/t20-,21?,22+/m0/s1. The first-order valence-corrected chi connectivity index (χ1v) is 12.6. The molecule has 10 heteroatoms. The van der Waals surface area contributed by atoms with E-state index in [0.29, 0.717) is 24.4 Å². The Bertz CT molecular complexity index is 1200. The summed E-state index contributed by atoms with van der Waals surface area (Å²) in [7, 11) is 0. The molecule has 2 aromatic rings. The minimum Gasteiger partial charge on any atom is -0.489 e. The summed E-state index contributed by atoms with van der Waals surface area (Å²) in [5.74, 6) is 0.303. The largest absolute Gasteiger partial charge is 0.489 e. The molecule has 0 spiro atoms. The predicted octanol–water partition coefficient (Wildman–Crippen LogP) is 2.17. The third kappa shape index (κ3) is 4.23. The SMILES string of the molecule is O=C1CCC(N2Cc3cc(O[C@@H]4CCCC[C@@H]4N4CC(c5ncc(F)cn5)C4)ccc3C2=O)C(=O)N1. The van der Waals surface area contributed by atoms with Crippen molar-refractivity contribution in [2.75, 3.05) is 13.1 Å². The number of ether oxygens (including phenoxy) is 1. The average Bonchev–Trinajstić information content (AvgIpc) is 3.16. The van der Waals surface area contributed by atoms with Crippen LogP contribution in [-0.4, -0.2) is 68.8 Å². The Hall–Kier alpha value is -3.40. The maximum atomic E-state index is 13.1. The van der Waals surface area contributed by atoms with E-state index >= 15 is 0 Å². The zero-order valence-electron chi connectivity index (χ0n) is 19.9. The van der Waals surface area contributed by atoms with Crippen molar-refractivity contribution in [1.82, 2.24) is 25.1 Å². The van der Waals surface area contributed by atoms with E-state index < -0.39 is 17.8 Å². The van der Waals surface area contributed by atoms with Gasteiger partial charge in [-0.15, -0.1) is 0 Å². The molecule has 0 radical (unpaired) electrons. The molecule has 6 rings (SSSR count). The second-order valence-corrected chi connectivity index (χ2v) is 10.1. The van der Waals surface area contributed by atoms with E-state index in [1.165, 1.54) is 12.4 Å². The lowest BCUT2D eigenvalue weighted by molar-refractivity contribution is -0.136.